The van der Waals surface area contributed by atoms with Crippen molar-refractivity contribution < 1.29 is 9.59 Å². The van der Waals surface area contributed by atoms with Crippen LogP contribution < -0.4 is 5.32 Å². The summed E-state index contributed by atoms with van der Waals surface area (Å²) >= 11 is 0. The minimum Gasteiger partial charge on any atom is -0.361 e. The van der Waals surface area contributed by atoms with E-state index in [4.69, 9.17) is 0 Å². The molecule has 1 fully saturated rings. The van der Waals surface area contributed by atoms with Crippen molar-refractivity contribution in [1.29, 1.82) is 0 Å². The first-order chi connectivity index (χ1) is 14.1. The second-order valence-corrected chi connectivity index (χ2v) is 8.05. The number of H-pyrrole nitrogens is 1. The number of piperidine rings is 1. The topological polar surface area (TPSA) is 68.4 Å². The second kappa shape index (κ2) is 8.03. The Hall–Kier alpha value is -2.60. The number of hydrogen-bond acceptors (Lipinski definition) is 3. The monoisotopic (exact) mass is 394 g/mol. The normalized spacial score (nSPS) is 23.4. The SMILES string of the molecule is C=CCN1C[C@H](C(=O)N(CC)C(=O)NCC)CC2c3cccc4[nH]cc(c34)C[C@H]21. The van der Waals surface area contributed by atoms with Crippen molar-refractivity contribution in [3.63, 3.8) is 0 Å². The van der Waals surface area contributed by atoms with Crippen molar-refractivity contribution in [3.8, 4) is 0 Å². The number of urea groups is 1. The molecule has 1 aliphatic carbocycles. The molecular formula is C23H30N4O2. The smallest absolute Gasteiger partial charge is 0.324 e. The van der Waals surface area contributed by atoms with E-state index in [1.165, 1.54) is 21.4 Å². The lowest BCUT2D eigenvalue weighted by Gasteiger charge is -2.47. The van der Waals surface area contributed by atoms with Crippen LogP contribution in [0.25, 0.3) is 10.9 Å². The Labute approximate surface area is 171 Å². The van der Waals surface area contributed by atoms with Crippen molar-refractivity contribution in [2.24, 2.45) is 5.92 Å². The molecule has 0 bridgehead atoms. The third-order valence-electron chi connectivity index (χ3n) is 6.44. The van der Waals surface area contributed by atoms with Gasteiger partial charge in [-0.2, -0.15) is 0 Å². The summed E-state index contributed by atoms with van der Waals surface area (Å²) in [5, 5.41) is 4.08. The van der Waals surface area contributed by atoms with Crippen LogP contribution in [-0.2, 0) is 11.2 Å². The highest BCUT2D eigenvalue weighted by Gasteiger charge is 2.43. The van der Waals surface area contributed by atoms with Gasteiger partial charge in [-0.1, -0.05) is 18.2 Å². The predicted molar refractivity (Wildman–Crippen MR) is 115 cm³/mol. The van der Waals surface area contributed by atoms with Crippen LogP contribution in [0.1, 0.15) is 37.3 Å². The van der Waals surface area contributed by atoms with Gasteiger partial charge in [-0.05, 0) is 43.9 Å². The van der Waals surface area contributed by atoms with Gasteiger partial charge < -0.3 is 10.3 Å². The number of nitrogens with one attached hydrogen (secondary N) is 2. The second-order valence-electron chi connectivity index (χ2n) is 8.05. The summed E-state index contributed by atoms with van der Waals surface area (Å²) in [5.74, 6) is 0.00472. The molecule has 0 radical (unpaired) electrons. The number of likely N-dealkylation sites (tertiary alicyclic amines) is 1. The van der Waals surface area contributed by atoms with E-state index in [9.17, 15) is 9.59 Å². The van der Waals surface area contributed by atoms with Crippen molar-refractivity contribution >= 4 is 22.8 Å². The zero-order valence-corrected chi connectivity index (χ0v) is 17.3. The van der Waals surface area contributed by atoms with Crippen molar-refractivity contribution in [1.82, 2.24) is 20.1 Å². The number of nitrogens with zero attached hydrogens (tertiary/aromatic N) is 2. The molecule has 6 heteroatoms. The minimum atomic E-state index is -0.295. The first kappa shape index (κ1) is 19.7. The lowest BCUT2D eigenvalue weighted by molar-refractivity contribution is -0.135. The highest BCUT2D eigenvalue weighted by Crippen LogP contribution is 2.45. The molecule has 1 saturated heterocycles. The summed E-state index contributed by atoms with van der Waals surface area (Å²) in [6.45, 7) is 9.96. The van der Waals surface area contributed by atoms with Crippen LogP contribution in [-0.4, -0.2) is 58.9 Å². The van der Waals surface area contributed by atoms with E-state index in [-0.39, 0.29) is 23.8 Å². The Kier molecular flexibility index (Phi) is 5.46. The summed E-state index contributed by atoms with van der Waals surface area (Å²) in [6, 6.07) is 6.47. The fraction of sp³-hybridized carbons (Fsp3) is 0.478. The molecule has 0 saturated carbocycles. The Balaban J connectivity index is 1.67. The van der Waals surface area contributed by atoms with Crippen LogP contribution >= 0.6 is 0 Å². The number of benzene rings is 1. The van der Waals surface area contributed by atoms with E-state index >= 15 is 0 Å². The van der Waals surface area contributed by atoms with Gasteiger partial charge in [0.15, 0.2) is 0 Å². The Morgan fingerprint density at radius 3 is 2.93 bits per heavy atom. The Morgan fingerprint density at radius 1 is 1.38 bits per heavy atom. The molecule has 2 aromatic rings. The lowest BCUT2D eigenvalue weighted by atomic mass is 9.72. The van der Waals surface area contributed by atoms with Crippen LogP contribution in [0.2, 0.25) is 0 Å². The van der Waals surface area contributed by atoms with Gasteiger partial charge in [0.1, 0.15) is 0 Å². The number of imide groups is 1. The molecule has 2 N–H and O–H groups in total. The summed E-state index contributed by atoms with van der Waals surface area (Å²) in [4.78, 5) is 32.9. The molecule has 4 rings (SSSR count). The number of carbonyl (C=O) groups is 2. The molecule has 3 atom stereocenters. The van der Waals surface area contributed by atoms with Crippen LogP contribution in [0, 0.1) is 5.92 Å². The van der Waals surface area contributed by atoms with Crippen LogP contribution in [0.3, 0.4) is 0 Å². The maximum Gasteiger partial charge on any atom is 0.324 e. The van der Waals surface area contributed by atoms with Gasteiger partial charge >= 0.3 is 6.03 Å². The fourth-order valence-electron chi connectivity index (χ4n) is 5.22. The van der Waals surface area contributed by atoms with Gasteiger partial charge in [-0.15, -0.1) is 6.58 Å². The molecule has 1 aliphatic heterocycles. The lowest BCUT2D eigenvalue weighted by Crippen LogP contribution is -2.55. The van der Waals surface area contributed by atoms with Gasteiger partial charge in [-0.3, -0.25) is 14.6 Å². The molecular weight excluding hydrogens is 364 g/mol. The predicted octanol–water partition coefficient (Wildman–Crippen LogP) is 3.26. The maximum atomic E-state index is 13.3. The van der Waals surface area contributed by atoms with Gasteiger partial charge in [0.2, 0.25) is 5.91 Å². The number of aromatic amines is 1. The highest BCUT2D eigenvalue weighted by atomic mass is 16.2. The number of hydrogen-bond donors (Lipinski definition) is 2. The zero-order valence-electron chi connectivity index (χ0n) is 17.3. The van der Waals surface area contributed by atoms with E-state index in [0.717, 1.165) is 24.9 Å². The minimum absolute atomic E-state index is 0.0713. The summed E-state index contributed by atoms with van der Waals surface area (Å²) in [6.07, 6.45) is 5.79. The van der Waals surface area contributed by atoms with Gasteiger partial charge in [0.05, 0.1) is 5.92 Å². The van der Waals surface area contributed by atoms with E-state index in [2.05, 4.69) is 46.2 Å². The quantitative estimate of drug-likeness (QED) is 0.765. The summed E-state index contributed by atoms with van der Waals surface area (Å²) in [5.41, 5.74) is 3.84. The number of amides is 3. The number of fused-ring (bicyclic) bond motifs is 2. The van der Waals surface area contributed by atoms with E-state index in [0.29, 0.717) is 25.7 Å². The molecule has 1 aromatic carbocycles. The molecule has 6 nitrogen and oxygen atoms in total. The first-order valence-corrected chi connectivity index (χ1v) is 10.6. The molecule has 0 spiro atoms. The number of rotatable bonds is 5. The third-order valence-corrected chi connectivity index (χ3v) is 6.44. The number of aromatic nitrogens is 1. The average molecular weight is 395 g/mol. The van der Waals surface area contributed by atoms with E-state index in [1.807, 2.05) is 19.9 Å². The first-order valence-electron chi connectivity index (χ1n) is 10.6. The fourth-order valence-corrected chi connectivity index (χ4v) is 5.22. The van der Waals surface area contributed by atoms with Crippen molar-refractivity contribution in [3.05, 3.63) is 48.2 Å². The van der Waals surface area contributed by atoms with Crippen molar-refractivity contribution in [2.75, 3.05) is 26.2 Å². The molecule has 3 amide bonds. The van der Waals surface area contributed by atoms with Crippen molar-refractivity contribution in [2.45, 2.75) is 38.6 Å². The summed E-state index contributed by atoms with van der Waals surface area (Å²) < 4.78 is 0. The van der Waals surface area contributed by atoms with Crippen LogP contribution in [0.4, 0.5) is 4.79 Å². The van der Waals surface area contributed by atoms with E-state index < -0.39 is 0 Å². The molecule has 154 valence electrons. The maximum absolute atomic E-state index is 13.3. The molecule has 29 heavy (non-hydrogen) atoms. The van der Waals surface area contributed by atoms with Gasteiger partial charge in [-0.25, -0.2) is 4.79 Å². The van der Waals surface area contributed by atoms with Gasteiger partial charge in [0.25, 0.3) is 0 Å². The van der Waals surface area contributed by atoms with Gasteiger partial charge in [0, 0.05) is 55.2 Å². The molecule has 1 aromatic heterocycles. The molecule has 2 heterocycles. The zero-order chi connectivity index (χ0) is 20.5. The average Bonchev–Trinajstić information content (AvgIpc) is 3.13. The largest absolute Gasteiger partial charge is 0.361 e. The standard InChI is InChI=1S/C23H30N4O2/c1-4-10-26-14-16(22(28)27(6-3)23(29)24-5-2)11-18-17-8-7-9-19-21(17)15(13-25-19)12-20(18)26/h4,7-9,13,16,18,20,25H,1,5-6,10-12,14H2,2-3H3,(H,24,29)/t16-,18?,20-/m1/s1. The number of carbonyl (C=O) groups excluding carboxylic acids is 2. The highest BCUT2D eigenvalue weighted by molar-refractivity contribution is 5.96. The molecule has 2 aliphatic rings. The molecule has 1 unspecified atom stereocenters. The third kappa shape index (κ3) is 3.35. The van der Waals surface area contributed by atoms with E-state index in [1.54, 1.807) is 0 Å². The Bertz CT molecular complexity index is 934. The summed E-state index contributed by atoms with van der Waals surface area (Å²) in [7, 11) is 0. The van der Waals surface area contributed by atoms with Crippen LogP contribution in [0.15, 0.2) is 37.1 Å². The van der Waals surface area contributed by atoms with Crippen LogP contribution in [0.5, 0.6) is 0 Å². The Morgan fingerprint density at radius 2 is 2.21 bits per heavy atom.